The Labute approximate surface area is 373 Å². The first-order valence-electron chi connectivity index (χ1n) is 21.6. The van der Waals surface area contributed by atoms with E-state index in [0.29, 0.717) is 36.2 Å². The van der Waals surface area contributed by atoms with Crippen LogP contribution in [0.25, 0.3) is 22.3 Å². The van der Waals surface area contributed by atoms with Gasteiger partial charge in [-0.25, -0.2) is 9.67 Å². The maximum Gasteiger partial charge on any atom is 0.246 e. The van der Waals surface area contributed by atoms with Crippen LogP contribution in [-0.2, 0) is 51.8 Å². The first kappa shape index (κ1) is 47.3. The number of imidazole rings is 1. The summed E-state index contributed by atoms with van der Waals surface area (Å²) in [7, 11) is 1.79. The van der Waals surface area contributed by atoms with Gasteiger partial charge in [0.2, 0.25) is 47.3 Å². The quantitative estimate of drug-likeness (QED) is 0.0874. The second-order valence-corrected chi connectivity index (χ2v) is 16.7. The second kappa shape index (κ2) is 21.0. The number of aromatic amines is 1. The second-order valence-electron chi connectivity index (χ2n) is 16.7. The van der Waals surface area contributed by atoms with Gasteiger partial charge >= 0.3 is 0 Å². The van der Waals surface area contributed by atoms with Gasteiger partial charge in [-0.2, -0.15) is 0 Å². The SMILES string of the molecule is CC[C@H](C)[C@@H]1NC(=O)C(CC(N)=O)NC(=O)[C@@H](N)CC(=O)NCCCCC(C(N)=O)NC(=O)[C@H](Cc2c[nH]c3ccccc23)NC(=O)[C@@H]2CC(n3cc(-c4cncn4C)nn3)CN2C1=O. The number of benzene rings is 1. The lowest BCUT2D eigenvalue weighted by molar-refractivity contribution is -0.143. The molecule has 2 aliphatic rings. The molecule has 348 valence electrons. The molecule has 0 aliphatic carbocycles. The van der Waals surface area contributed by atoms with Crippen molar-refractivity contribution in [1.29, 1.82) is 0 Å². The lowest BCUT2D eigenvalue weighted by atomic mass is 9.96. The Morgan fingerprint density at radius 1 is 0.938 bits per heavy atom. The highest BCUT2D eigenvalue weighted by Gasteiger charge is 2.45. The van der Waals surface area contributed by atoms with Gasteiger partial charge in [0, 0.05) is 50.1 Å². The highest BCUT2D eigenvalue weighted by atomic mass is 16.2. The van der Waals surface area contributed by atoms with Crippen molar-refractivity contribution in [3.63, 3.8) is 0 Å². The van der Waals surface area contributed by atoms with E-state index in [1.165, 1.54) is 9.58 Å². The Kier molecular flexibility index (Phi) is 15.3. The molecule has 23 nitrogen and oxygen atoms in total. The van der Waals surface area contributed by atoms with Crippen LogP contribution in [0.1, 0.15) is 70.4 Å². The predicted molar refractivity (Wildman–Crippen MR) is 233 cm³/mol. The number of amides is 8. The fraction of sp³-hybridized carbons (Fsp3) is 0.500. The van der Waals surface area contributed by atoms with Gasteiger partial charge in [0.15, 0.2) is 0 Å². The van der Waals surface area contributed by atoms with Gasteiger partial charge in [0.25, 0.3) is 0 Å². The molecule has 23 heteroatoms. The van der Waals surface area contributed by atoms with Crippen molar-refractivity contribution in [2.24, 2.45) is 30.2 Å². The van der Waals surface area contributed by atoms with E-state index in [1.54, 1.807) is 50.4 Å². The van der Waals surface area contributed by atoms with Gasteiger partial charge in [-0.15, -0.1) is 5.10 Å². The van der Waals surface area contributed by atoms with Gasteiger partial charge in [-0.05, 0) is 36.8 Å². The number of fused-ring (bicyclic) bond motifs is 2. The van der Waals surface area contributed by atoms with E-state index in [0.717, 1.165) is 10.9 Å². The van der Waals surface area contributed by atoms with E-state index in [-0.39, 0.29) is 32.4 Å². The minimum absolute atomic E-state index is 0.00324. The summed E-state index contributed by atoms with van der Waals surface area (Å²) < 4.78 is 3.29. The number of nitrogens with two attached hydrogens (primary N) is 3. The van der Waals surface area contributed by atoms with Crippen LogP contribution in [0.15, 0.2) is 49.2 Å². The zero-order valence-electron chi connectivity index (χ0n) is 36.5. The summed E-state index contributed by atoms with van der Waals surface area (Å²) in [6.07, 6.45) is 6.58. The van der Waals surface area contributed by atoms with E-state index < -0.39 is 108 Å². The molecule has 6 rings (SSSR count). The lowest BCUT2D eigenvalue weighted by Gasteiger charge is -2.33. The summed E-state index contributed by atoms with van der Waals surface area (Å²) in [6, 6.07) is -1.22. The van der Waals surface area contributed by atoms with E-state index in [4.69, 9.17) is 17.2 Å². The van der Waals surface area contributed by atoms with Crippen molar-refractivity contribution in [2.75, 3.05) is 13.1 Å². The molecule has 0 bridgehead atoms. The normalized spacial score (nSPS) is 25.2. The highest BCUT2D eigenvalue weighted by Crippen LogP contribution is 2.31. The van der Waals surface area contributed by atoms with Crippen molar-refractivity contribution in [1.82, 2.24) is 61.0 Å². The van der Waals surface area contributed by atoms with Crippen LogP contribution in [0.4, 0.5) is 0 Å². The lowest BCUT2D eigenvalue weighted by Crippen LogP contribution is -2.60. The third-order valence-electron chi connectivity index (χ3n) is 12.0. The molecular formula is C42H57N15O8. The molecule has 8 amide bonds. The number of carbonyl (C=O) groups is 8. The van der Waals surface area contributed by atoms with Crippen molar-refractivity contribution in [3.05, 3.63) is 54.7 Å². The molecule has 0 spiro atoms. The minimum Gasteiger partial charge on any atom is -0.370 e. The van der Waals surface area contributed by atoms with Crippen LogP contribution in [0.2, 0.25) is 0 Å². The predicted octanol–water partition coefficient (Wildman–Crippen LogP) is -2.09. The molecule has 8 atom stereocenters. The summed E-state index contributed by atoms with van der Waals surface area (Å²) in [5.74, 6) is -6.85. The molecule has 3 aromatic heterocycles. The number of aryl methyl sites for hydroxylation is 1. The van der Waals surface area contributed by atoms with Crippen LogP contribution in [-0.4, -0.2) is 131 Å². The average Bonchev–Trinajstić information content (AvgIpc) is 4.10. The monoisotopic (exact) mass is 899 g/mol. The number of aromatic nitrogens is 6. The van der Waals surface area contributed by atoms with Gasteiger partial charge in [0.1, 0.15) is 35.9 Å². The maximum atomic E-state index is 15.0. The minimum atomic E-state index is -1.58. The number of hydrogen-bond donors (Lipinski definition) is 9. The van der Waals surface area contributed by atoms with Crippen molar-refractivity contribution in [2.45, 2.75) is 108 Å². The molecule has 1 aromatic carbocycles. The standard InChI is InChI=1S/C42H57N15O8/c1-4-22(2)36-42(65)56-19-24(57-20-31(53-54-57)33-18-46-21-55(33)3)14-32(56)41(64)51-29(13-23-17-48-27-10-6-5-9-25(23)27)39(62)49-28(37(45)60)11-7-8-12-47-35(59)15-26(43)38(61)50-30(16-34(44)58)40(63)52-36/h5-6,9-10,17-18,20-22,24,26,28-30,32,36,48H,4,7-8,11-16,19,43H2,1-3H3,(H2,44,58)(H2,45,60)(H,47,59)(H,49,62)(H,50,61)(H,51,64)(H,52,63)/t22-,24?,26-,28?,29-,30?,32-,36-/m0/s1. The molecule has 2 aliphatic heterocycles. The van der Waals surface area contributed by atoms with Crippen LogP contribution in [0.3, 0.4) is 0 Å². The number of nitrogens with zero attached hydrogens (tertiary/aromatic N) is 6. The molecule has 2 fully saturated rings. The van der Waals surface area contributed by atoms with Gasteiger partial charge in [-0.1, -0.05) is 43.7 Å². The Hall–Kier alpha value is -7.17. The molecule has 3 unspecified atom stereocenters. The summed E-state index contributed by atoms with van der Waals surface area (Å²) in [6.45, 7) is 3.54. The van der Waals surface area contributed by atoms with Crippen LogP contribution in [0.5, 0.6) is 0 Å². The Balaban J connectivity index is 1.39. The van der Waals surface area contributed by atoms with E-state index in [2.05, 4.69) is 46.9 Å². The van der Waals surface area contributed by atoms with Crippen molar-refractivity contribution in [3.8, 4) is 11.4 Å². The molecule has 2 saturated heterocycles. The first-order chi connectivity index (χ1) is 31.0. The van der Waals surface area contributed by atoms with E-state index in [9.17, 15) is 38.4 Å². The smallest absolute Gasteiger partial charge is 0.246 e. The summed E-state index contributed by atoms with van der Waals surface area (Å²) in [5.41, 5.74) is 19.9. The molecule has 4 aromatic rings. The Morgan fingerprint density at radius 2 is 1.68 bits per heavy atom. The highest BCUT2D eigenvalue weighted by molar-refractivity contribution is 5.99. The van der Waals surface area contributed by atoms with Gasteiger partial charge in [0.05, 0.1) is 49.3 Å². The number of nitrogens with one attached hydrogen (secondary N) is 6. The van der Waals surface area contributed by atoms with Crippen molar-refractivity contribution >= 4 is 58.2 Å². The molecule has 12 N–H and O–H groups in total. The Morgan fingerprint density at radius 3 is 2.38 bits per heavy atom. The average molecular weight is 900 g/mol. The number of rotatable bonds is 9. The number of carbonyl (C=O) groups excluding carboxylic acids is 8. The number of primary amides is 2. The first-order valence-corrected chi connectivity index (χ1v) is 21.6. The Bertz CT molecular complexity index is 2410. The topological polar surface area (TPSA) is 342 Å². The zero-order chi connectivity index (χ0) is 46.9. The molecular weight excluding hydrogens is 843 g/mol. The third kappa shape index (κ3) is 11.5. The summed E-state index contributed by atoms with van der Waals surface area (Å²) in [4.78, 5) is 118. The van der Waals surface area contributed by atoms with E-state index >= 15 is 0 Å². The van der Waals surface area contributed by atoms with Crippen LogP contribution in [0, 0.1) is 5.92 Å². The van der Waals surface area contributed by atoms with Gasteiger partial charge < -0.3 is 58.2 Å². The fourth-order valence-corrected chi connectivity index (χ4v) is 8.10. The number of hydrogen-bond acceptors (Lipinski definition) is 12. The summed E-state index contributed by atoms with van der Waals surface area (Å²) in [5, 5.41) is 22.8. The molecule has 65 heavy (non-hydrogen) atoms. The molecule has 0 saturated carbocycles. The van der Waals surface area contributed by atoms with E-state index in [1.807, 2.05) is 24.3 Å². The third-order valence-corrected chi connectivity index (χ3v) is 12.0. The maximum absolute atomic E-state index is 15.0. The van der Waals surface area contributed by atoms with Crippen molar-refractivity contribution < 1.29 is 38.4 Å². The largest absolute Gasteiger partial charge is 0.370 e. The fourth-order valence-electron chi connectivity index (χ4n) is 8.10. The van der Waals surface area contributed by atoms with Crippen LogP contribution >= 0.6 is 0 Å². The molecule has 5 heterocycles. The van der Waals surface area contributed by atoms with Gasteiger partial charge in [-0.3, -0.25) is 38.4 Å². The molecule has 0 radical (unpaired) electrons. The number of para-hydroxylation sites is 1. The summed E-state index contributed by atoms with van der Waals surface area (Å²) >= 11 is 0. The zero-order valence-corrected chi connectivity index (χ0v) is 36.5. The number of H-pyrrole nitrogens is 1. The van der Waals surface area contributed by atoms with Crippen LogP contribution < -0.4 is 43.8 Å².